The average Bonchev–Trinajstić information content (AvgIpc) is 2.55. The number of alkyl carbamates (subject to hydrolysis) is 1. The van der Waals surface area contributed by atoms with E-state index >= 15 is 0 Å². The molecule has 0 spiro atoms. The summed E-state index contributed by atoms with van der Waals surface area (Å²) in [5.41, 5.74) is 0.198. The van der Waals surface area contributed by atoms with Gasteiger partial charge >= 0.3 is 12.1 Å². The summed E-state index contributed by atoms with van der Waals surface area (Å²) in [6.07, 6.45) is 3.37. The maximum atomic E-state index is 12.6. The van der Waals surface area contributed by atoms with Gasteiger partial charge < -0.3 is 14.8 Å². The number of allylic oxidation sites excluding steroid dienone is 1. The Bertz CT molecular complexity index is 736. The average molecular weight is 374 g/mol. The molecule has 0 radical (unpaired) electrons. The third-order valence-corrected chi connectivity index (χ3v) is 3.64. The molecule has 0 unspecified atom stereocenters. The van der Waals surface area contributed by atoms with Crippen LogP contribution in [0.15, 0.2) is 47.6 Å². The number of carbonyl (C=O) groups is 2. The number of ether oxygens (including phenoxy) is 2. The Morgan fingerprint density at radius 3 is 2.58 bits per heavy atom. The Hall–Kier alpha value is -2.54. The number of esters is 1. The third kappa shape index (κ3) is 6.40. The lowest BCUT2D eigenvalue weighted by molar-refractivity contribution is -0.137. The highest BCUT2D eigenvalue weighted by Crippen LogP contribution is 2.11. The normalized spacial score (nSPS) is 15.0. The lowest BCUT2D eigenvalue weighted by Gasteiger charge is -2.23. The van der Waals surface area contributed by atoms with Gasteiger partial charge in [0.05, 0.1) is 4.86 Å². The fraction of sp³-hybridized carbons (Fsp3) is 0.368. The van der Waals surface area contributed by atoms with E-state index in [4.69, 9.17) is 21.7 Å². The molecule has 1 aliphatic heterocycles. The van der Waals surface area contributed by atoms with Crippen LogP contribution in [0.25, 0.3) is 0 Å². The SMILES string of the molecule is CC(C)(C)OC(=O)N[C@H](Cc1ccccc1)C(=O)OC1=NC=CCC1=S. The zero-order valence-electron chi connectivity index (χ0n) is 15.0. The second-order valence-electron chi connectivity index (χ2n) is 6.76. The van der Waals surface area contributed by atoms with Gasteiger partial charge in [-0.3, -0.25) is 0 Å². The predicted molar refractivity (Wildman–Crippen MR) is 103 cm³/mol. The van der Waals surface area contributed by atoms with Crippen molar-refractivity contribution in [2.45, 2.75) is 45.3 Å². The Labute approximate surface area is 158 Å². The molecule has 1 aromatic carbocycles. The lowest BCUT2D eigenvalue weighted by Crippen LogP contribution is -2.46. The first-order valence-electron chi connectivity index (χ1n) is 8.26. The first-order valence-corrected chi connectivity index (χ1v) is 8.66. The van der Waals surface area contributed by atoms with E-state index in [-0.39, 0.29) is 12.3 Å². The maximum Gasteiger partial charge on any atom is 0.408 e. The van der Waals surface area contributed by atoms with Crippen molar-refractivity contribution >= 4 is 35.0 Å². The van der Waals surface area contributed by atoms with Gasteiger partial charge in [0.15, 0.2) is 0 Å². The molecule has 0 bridgehead atoms. The van der Waals surface area contributed by atoms with Crippen molar-refractivity contribution in [2.24, 2.45) is 4.99 Å². The van der Waals surface area contributed by atoms with Gasteiger partial charge in [-0.25, -0.2) is 14.6 Å². The van der Waals surface area contributed by atoms with Crippen LogP contribution in [0.3, 0.4) is 0 Å². The van der Waals surface area contributed by atoms with Gasteiger partial charge in [-0.1, -0.05) is 48.6 Å². The molecule has 6 nitrogen and oxygen atoms in total. The molecule has 1 atom stereocenters. The van der Waals surface area contributed by atoms with Crippen molar-refractivity contribution in [1.29, 1.82) is 0 Å². The Morgan fingerprint density at radius 2 is 1.96 bits per heavy atom. The van der Waals surface area contributed by atoms with E-state index in [0.29, 0.717) is 11.3 Å². The number of rotatable bonds is 4. The monoisotopic (exact) mass is 374 g/mol. The molecule has 1 heterocycles. The third-order valence-electron chi connectivity index (χ3n) is 3.29. The topological polar surface area (TPSA) is 77.0 Å². The van der Waals surface area contributed by atoms with E-state index in [1.54, 1.807) is 26.8 Å². The number of benzene rings is 1. The van der Waals surface area contributed by atoms with Gasteiger partial charge in [-0.2, -0.15) is 0 Å². The van der Waals surface area contributed by atoms with Crippen LogP contribution >= 0.6 is 12.2 Å². The van der Waals surface area contributed by atoms with E-state index in [1.165, 1.54) is 6.20 Å². The molecule has 0 fully saturated rings. The smallest absolute Gasteiger partial charge is 0.408 e. The molecule has 1 aliphatic rings. The summed E-state index contributed by atoms with van der Waals surface area (Å²) in [6, 6.07) is 8.39. The number of thiocarbonyl (C=S) groups is 1. The Balaban J connectivity index is 2.12. The molecule has 1 amide bonds. The minimum Gasteiger partial charge on any atom is -0.444 e. The van der Waals surface area contributed by atoms with Crippen LogP contribution in [0, 0.1) is 0 Å². The van der Waals surface area contributed by atoms with E-state index in [1.807, 2.05) is 30.3 Å². The van der Waals surface area contributed by atoms with Gasteiger partial charge in [-0.05, 0) is 26.3 Å². The maximum absolute atomic E-state index is 12.6. The highest BCUT2D eigenvalue weighted by molar-refractivity contribution is 7.82. The number of hydrogen-bond acceptors (Lipinski definition) is 6. The van der Waals surface area contributed by atoms with Crippen molar-refractivity contribution < 1.29 is 19.1 Å². The largest absolute Gasteiger partial charge is 0.444 e. The van der Waals surface area contributed by atoms with Crippen molar-refractivity contribution in [3.63, 3.8) is 0 Å². The fourth-order valence-electron chi connectivity index (χ4n) is 2.18. The van der Waals surface area contributed by atoms with E-state index in [0.717, 1.165) is 5.56 Å². The van der Waals surface area contributed by atoms with E-state index in [2.05, 4.69) is 10.3 Å². The first kappa shape index (κ1) is 19.8. The fourth-order valence-corrected chi connectivity index (χ4v) is 2.37. The van der Waals surface area contributed by atoms with Crippen molar-refractivity contribution in [3.05, 3.63) is 48.2 Å². The summed E-state index contributed by atoms with van der Waals surface area (Å²) in [7, 11) is 0. The van der Waals surface area contributed by atoms with Crippen LogP contribution in [0.1, 0.15) is 32.8 Å². The van der Waals surface area contributed by atoms with Gasteiger partial charge in [0.1, 0.15) is 11.6 Å². The predicted octanol–water partition coefficient (Wildman–Crippen LogP) is 3.35. The molecular formula is C19H22N2O4S. The number of carbonyl (C=O) groups excluding carboxylic acids is 2. The van der Waals surface area contributed by atoms with Crippen molar-refractivity contribution in [1.82, 2.24) is 5.32 Å². The molecule has 0 saturated carbocycles. The summed E-state index contributed by atoms with van der Waals surface area (Å²) in [4.78, 5) is 29.1. The minimum atomic E-state index is -0.927. The number of nitrogens with zero attached hydrogens (tertiary/aromatic N) is 1. The van der Waals surface area contributed by atoms with Gasteiger partial charge in [0.2, 0.25) is 5.90 Å². The quantitative estimate of drug-likeness (QED) is 0.646. The van der Waals surface area contributed by atoms with Gasteiger partial charge in [0, 0.05) is 19.0 Å². The first-order chi connectivity index (χ1) is 12.2. The summed E-state index contributed by atoms with van der Waals surface area (Å²) in [5.74, 6) is -0.548. The standard InChI is InChI=1S/C19H22N2O4S/c1-19(2,3)25-18(23)21-14(12-13-8-5-4-6-9-13)17(22)24-16-15(26)10-7-11-20-16/h4-9,11,14H,10,12H2,1-3H3,(H,21,23)/t14-/m1/s1. The molecule has 1 aromatic rings. The van der Waals surface area contributed by atoms with E-state index < -0.39 is 23.7 Å². The Morgan fingerprint density at radius 1 is 1.27 bits per heavy atom. The van der Waals surface area contributed by atoms with Gasteiger partial charge in [0.25, 0.3) is 0 Å². The highest BCUT2D eigenvalue weighted by Gasteiger charge is 2.28. The molecule has 26 heavy (non-hydrogen) atoms. The number of amides is 1. The second-order valence-corrected chi connectivity index (χ2v) is 7.25. The molecule has 138 valence electrons. The summed E-state index contributed by atoms with van der Waals surface area (Å²) < 4.78 is 10.6. The van der Waals surface area contributed by atoms with Crippen molar-refractivity contribution in [2.75, 3.05) is 0 Å². The van der Waals surface area contributed by atoms with Crippen LogP contribution in [0.4, 0.5) is 4.79 Å². The summed E-state index contributed by atoms with van der Waals surface area (Å²) >= 11 is 5.15. The summed E-state index contributed by atoms with van der Waals surface area (Å²) in [5, 5.41) is 2.57. The van der Waals surface area contributed by atoms with Gasteiger partial charge in [-0.15, -0.1) is 0 Å². The van der Waals surface area contributed by atoms with Crippen LogP contribution in [-0.4, -0.2) is 34.5 Å². The molecule has 1 N–H and O–H groups in total. The lowest BCUT2D eigenvalue weighted by atomic mass is 10.1. The van der Waals surface area contributed by atoms with Crippen LogP contribution < -0.4 is 5.32 Å². The molecular weight excluding hydrogens is 352 g/mol. The molecule has 7 heteroatoms. The molecule has 0 aromatic heterocycles. The number of nitrogens with one attached hydrogen (secondary N) is 1. The minimum absolute atomic E-state index is 0.0940. The van der Waals surface area contributed by atoms with Crippen molar-refractivity contribution in [3.8, 4) is 0 Å². The summed E-state index contributed by atoms with van der Waals surface area (Å²) in [6.45, 7) is 5.25. The van der Waals surface area contributed by atoms with Crippen LogP contribution in [0.2, 0.25) is 0 Å². The Kier molecular flexibility index (Phi) is 6.63. The van der Waals surface area contributed by atoms with Crippen LogP contribution in [0.5, 0.6) is 0 Å². The molecule has 2 rings (SSSR count). The zero-order valence-corrected chi connectivity index (χ0v) is 15.8. The number of aliphatic imine (C=N–C) groups is 1. The highest BCUT2D eigenvalue weighted by atomic mass is 32.1. The second kappa shape index (κ2) is 8.71. The van der Waals surface area contributed by atoms with Crippen LogP contribution in [-0.2, 0) is 20.7 Å². The number of hydrogen-bond donors (Lipinski definition) is 1. The van der Waals surface area contributed by atoms with E-state index in [9.17, 15) is 9.59 Å². The molecule has 0 aliphatic carbocycles. The zero-order chi connectivity index (χ0) is 19.2. The molecule has 0 saturated heterocycles.